The van der Waals surface area contributed by atoms with Crippen molar-refractivity contribution in [1.82, 2.24) is 10.2 Å². The lowest BCUT2D eigenvalue weighted by molar-refractivity contribution is -0.145. The largest absolute Gasteiger partial charge is 0.481 e. The molecule has 1 rings (SSSR count). The first-order valence-electron chi connectivity index (χ1n) is 5.52. The third-order valence-corrected chi connectivity index (χ3v) is 2.75. The number of nitrogens with two attached hydrogens (primary N) is 1. The zero-order valence-electron chi connectivity index (χ0n) is 9.52. The number of amides is 2. The van der Waals surface area contributed by atoms with Crippen LogP contribution in [-0.4, -0.2) is 54.0 Å². The molecule has 17 heavy (non-hydrogen) atoms. The third-order valence-electron chi connectivity index (χ3n) is 2.75. The van der Waals surface area contributed by atoms with Gasteiger partial charge in [-0.25, -0.2) is 0 Å². The Labute approximate surface area is 98.9 Å². The minimum absolute atomic E-state index is 0.123. The van der Waals surface area contributed by atoms with Gasteiger partial charge in [0.15, 0.2) is 0 Å². The standard InChI is InChI=1S/C10H17N3O4/c11-4-8(14)12-5-9(15)13-3-1-2-7(6-13)10(16)17/h7H,1-6,11H2,(H,12,14)(H,16,17). The first-order chi connectivity index (χ1) is 8.04. The summed E-state index contributed by atoms with van der Waals surface area (Å²) in [5.74, 6) is -2.05. The number of rotatable bonds is 4. The van der Waals surface area contributed by atoms with Gasteiger partial charge in [-0.05, 0) is 12.8 Å². The van der Waals surface area contributed by atoms with E-state index < -0.39 is 17.8 Å². The van der Waals surface area contributed by atoms with E-state index in [-0.39, 0.29) is 25.5 Å². The summed E-state index contributed by atoms with van der Waals surface area (Å²) < 4.78 is 0. The molecule has 1 saturated heterocycles. The van der Waals surface area contributed by atoms with Crippen molar-refractivity contribution in [3.05, 3.63) is 0 Å². The van der Waals surface area contributed by atoms with Crippen LogP contribution in [0.25, 0.3) is 0 Å². The Balaban J connectivity index is 2.41. The summed E-state index contributed by atoms with van der Waals surface area (Å²) in [7, 11) is 0. The predicted molar refractivity (Wildman–Crippen MR) is 59.0 cm³/mol. The second kappa shape index (κ2) is 6.19. The third kappa shape index (κ3) is 4.03. The fourth-order valence-electron chi connectivity index (χ4n) is 1.76. The minimum Gasteiger partial charge on any atom is -0.481 e. The van der Waals surface area contributed by atoms with Crippen molar-refractivity contribution in [2.45, 2.75) is 12.8 Å². The highest BCUT2D eigenvalue weighted by molar-refractivity contribution is 5.85. The van der Waals surface area contributed by atoms with Crippen molar-refractivity contribution in [2.75, 3.05) is 26.2 Å². The maximum absolute atomic E-state index is 11.7. The van der Waals surface area contributed by atoms with Gasteiger partial charge in [0.1, 0.15) is 0 Å². The predicted octanol–water partition coefficient (Wildman–Crippen LogP) is -1.62. The summed E-state index contributed by atoms with van der Waals surface area (Å²) in [6.45, 7) is 0.473. The number of hydrogen-bond donors (Lipinski definition) is 3. The molecule has 7 nitrogen and oxygen atoms in total. The Hall–Kier alpha value is -1.63. The molecule has 1 heterocycles. The number of piperidine rings is 1. The van der Waals surface area contributed by atoms with Crippen LogP contribution in [0.15, 0.2) is 0 Å². The summed E-state index contributed by atoms with van der Waals surface area (Å²) in [4.78, 5) is 34.8. The van der Waals surface area contributed by atoms with Crippen LogP contribution in [0.1, 0.15) is 12.8 Å². The number of carboxylic acids is 1. The zero-order chi connectivity index (χ0) is 12.8. The quantitative estimate of drug-likeness (QED) is 0.549. The van der Waals surface area contributed by atoms with E-state index in [9.17, 15) is 14.4 Å². The highest BCUT2D eigenvalue weighted by Gasteiger charge is 2.27. The fourth-order valence-corrected chi connectivity index (χ4v) is 1.76. The van der Waals surface area contributed by atoms with Crippen LogP contribution in [0.3, 0.4) is 0 Å². The van der Waals surface area contributed by atoms with Crippen LogP contribution in [0.2, 0.25) is 0 Å². The second-order valence-corrected chi connectivity index (χ2v) is 4.00. The molecule has 0 aliphatic carbocycles. The monoisotopic (exact) mass is 243 g/mol. The number of likely N-dealkylation sites (tertiary alicyclic amines) is 1. The molecule has 0 radical (unpaired) electrons. The van der Waals surface area contributed by atoms with Gasteiger partial charge in [0.05, 0.1) is 19.0 Å². The normalized spacial score (nSPS) is 19.8. The van der Waals surface area contributed by atoms with Gasteiger partial charge in [0, 0.05) is 13.1 Å². The molecule has 1 aliphatic heterocycles. The lowest BCUT2D eigenvalue weighted by atomic mass is 9.98. The highest BCUT2D eigenvalue weighted by atomic mass is 16.4. The Bertz CT molecular complexity index is 319. The topological polar surface area (TPSA) is 113 Å². The van der Waals surface area contributed by atoms with E-state index in [2.05, 4.69) is 5.32 Å². The molecule has 0 aromatic carbocycles. The van der Waals surface area contributed by atoms with E-state index in [1.165, 1.54) is 4.90 Å². The van der Waals surface area contributed by atoms with E-state index in [0.29, 0.717) is 19.4 Å². The first kappa shape index (κ1) is 13.4. The van der Waals surface area contributed by atoms with E-state index in [0.717, 1.165) is 0 Å². The van der Waals surface area contributed by atoms with E-state index in [4.69, 9.17) is 10.8 Å². The smallest absolute Gasteiger partial charge is 0.308 e. The van der Waals surface area contributed by atoms with Crippen molar-refractivity contribution in [3.8, 4) is 0 Å². The van der Waals surface area contributed by atoms with E-state index in [1.807, 2.05) is 0 Å². The highest BCUT2D eigenvalue weighted by Crippen LogP contribution is 2.16. The molecule has 1 unspecified atom stereocenters. The number of carbonyl (C=O) groups is 3. The van der Waals surface area contributed by atoms with Crippen molar-refractivity contribution in [2.24, 2.45) is 11.7 Å². The Kier molecular flexibility index (Phi) is 4.89. The number of nitrogens with one attached hydrogen (secondary N) is 1. The SMILES string of the molecule is NCC(=O)NCC(=O)N1CCCC(C(=O)O)C1. The summed E-state index contributed by atoms with van der Waals surface area (Å²) in [6, 6.07) is 0. The Morgan fingerprint density at radius 1 is 1.41 bits per heavy atom. The lowest BCUT2D eigenvalue weighted by Gasteiger charge is -2.30. The van der Waals surface area contributed by atoms with Crippen molar-refractivity contribution in [1.29, 1.82) is 0 Å². The van der Waals surface area contributed by atoms with Gasteiger partial charge in [0.25, 0.3) is 0 Å². The Morgan fingerprint density at radius 2 is 2.12 bits per heavy atom. The van der Waals surface area contributed by atoms with E-state index >= 15 is 0 Å². The average Bonchev–Trinajstić information content (AvgIpc) is 2.35. The number of carbonyl (C=O) groups excluding carboxylic acids is 2. The molecule has 2 amide bonds. The summed E-state index contributed by atoms with van der Waals surface area (Å²) in [5, 5.41) is 11.2. The second-order valence-electron chi connectivity index (χ2n) is 4.00. The molecule has 0 aromatic rings. The fraction of sp³-hybridized carbons (Fsp3) is 0.700. The molecule has 1 aliphatic rings. The molecule has 96 valence electrons. The maximum Gasteiger partial charge on any atom is 0.308 e. The molecule has 0 saturated carbocycles. The molecule has 0 spiro atoms. The molecule has 1 fully saturated rings. The van der Waals surface area contributed by atoms with Crippen molar-refractivity contribution in [3.63, 3.8) is 0 Å². The van der Waals surface area contributed by atoms with Gasteiger partial charge >= 0.3 is 5.97 Å². The molecular formula is C10H17N3O4. The van der Waals surface area contributed by atoms with Crippen LogP contribution >= 0.6 is 0 Å². The van der Waals surface area contributed by atoms with Gasteiger partial charge in [-0.2, -0.15) is 0 Å². The summed E-state index contributed by atoms with van der Waals surface area (Å²) in [6.07, 6.45) is 1.27. The van der Waals surface area contributed by atoms with Crippen molar-refractivity contribution >= 4 is 17.8 Å². The van der Waals surface area contributed by atoms with Gasteiger partial charge in [-0.15, -0.1) is 0 Å². The maximum atomic E-state index is 11.7. The summed E-state index contributed by atoms with van der Waals surface area (Å²) in [5.41, 5.74) is 5.08. The Morgan fingerprint density at radius 3 is 2.71 bits per heavy atom. The van der Waals surface area contributed by atoms with Gasteiger partial charge in [-0.3, -0.25) is 14.4 Å². The van der Waals surface area contributed by atoms with Gasteiger partial charge < -0.3 is 21.1 Å². The van der Waals surface area contributed by atoms with Crippen molar-refractivity contribution < 1.29 is 19.5 Å². The van der Waals surface area contributed by atoms with Gasteiger partial charge in [-0.1, -0.05) is 0 Å². The molecule has 4 N–H and O–H groups in total. The van der Waals surface area contributed by atoms with Crippen LogP contribution < -0.4 is 11.1 Å². The number of aliphatic carboxylic acids is 1. The number of nitrogens with zero attached hydrogens (tertiary/aromatic N) is 1. The number of carboxylic acid groups (broad SMARTS) is 1. The molecule has 0 bridgehead atoms. The lowest BCUT2D eigenvalue weighted by Crippen LogP contribution is -2.47. The van der Waals surface area contributed by atoms with Gasteiger partial charge in [0.2, 0.25) is 11.8 Å². The minimum atomic E-state index is -0.881. The van der Waals surface area contributed by atoms with Crippen LogP contribution in [0, 0.1) is 5.92 Å². The van der Waals surface area contributed by atoms with E-state index in [1.54, 1.807) is 0 Å². The average molecular weight is 243 g/mol. The first-order valence-corrected chi connectivity index (χ1v) is 5.52. The molecule has 1 atom stereocenters. The molecular weight excluding hydrogens is 226 g/mol. The van der Waals surface area contributed by atoms with Crippen LogP contribution in [0.5, 0.6) is 0 Å². The number of hydrogen-bond acceptors (Lipinski definition) is 4. The molecule has 7 heteroatoms. The zero-order valence-corrected chi connectivity index (χ0v) is 9.52. The van der Waals surface area contributed by atoms with Crippen LogP contribution in [0.4, 0.5) is 0 Å². The van der Waals surface area contributed by atoms with Crippen LogP contribution in [-0.2, 0) is 14.4 Å². The summed E-state index contributed by atoms with van der Waals surface area (Å²) >= 11 is 0. The molecule has 0 aromatic heterocycles.